The Balaban J connectivity index is 2.01. The van der Waals surface area contributed by atoms with Crippen LogP contribution in [0.4, 0.5) is 8.78 Å². The third-order valence-electron chi connectivity index (χ3n) is 3.12. The maximum atomic E-state index is 13.9. The van der Waals surface area contributed by atoms with E-state index in [-0.39, 0.29) is 18.4 Å². The molecule has 0 spiro atoms. The molecule has 0 saturated carbocycles. The van der Waals surface area contributed by atoms with E-state index in [9.17, 15) is 8.78 Å². The molecule has 1 heterocycles. The lowest BCUT2D eigenvalue weighted by Gasteiger charge is -2.12. The minimum atomic E-state index is -0.701. The fraction of sp³-hybridized carbons (Fsp3) is 0.400. The maximum Gasteiger partial charge on any atom is 0.190 e. The second-order valence-electron chi connectivity index (χ2n) is 5.09. The first-order valence-electron chi connectivity index (χ1n) is 6.81. The zero-order valence-electron chi connectivity index (χ0n) is 12.1. The third kappa shape index (κ3) is 4.01. The summed E-state index contributed by atoms with van der Waals surface area (Å²) in [4.78, 5) is 4.06. The number of benzene rings is 1. The standard InChI is InChI=1S/C15H19F2N3O/c1-10(18)7-12-8-13(16)15(14(17)9-12)21-6-5-20-4-3-19-11(20)2/h3-4,8-10H,5-7,18H2,1-2H3. The first-order chi connectivity index (χ1) is 9.97. The van der Waals surface area contributed by atoms with Crippen LogP contribution < -0.4 is 10.5 Å². The quantitative estimate of drug-likeness (QED) is 0.890. The Labute approximate surface area is 122 Å². The molecule has 1 unspecified atom stereocenters. The van der Waals surface area contributed by atoms with Crippen molar-refractivity contribution in [3.05, 3.63) is 47.5 Å². The number of halogens is 2. The van der Waals surface area contributed by atoms with Crippen molar-refractivity contribution in [3.8, 4) is 5.75 Å². The zero-order chi connectivity index (χ0) is 15.4. The number of aromatic nitrogens is 2. The van der Waals surface area contributed by atoms with E-state index in [1.807, 2.05) is 11.5 Å². The van der Waals surface area contributed by atoms with E-state index in [0.29, 0.717) is 18.5 Å². The van der Waals surface area contributed by atoms with Gasteiger partial charge in [0, 0.05) is 18.4 Å². The van der Waals surface area contributed by atoms with Crippen LogP contribution in [0.25, 0.3) is 0 Å². The number of imidazole rings is 1. The Morgan fingerprint density at radius 1 is 1.33 bits per heavy atom. The van der Waals surface area contributed by atoms with Crippen LogP contribution in [0.3, 0.4) is 0 Å². The molecule has 0 amide bonds. The molecule has 1 atom stereocenters. The van der Waals surface area contributed by atoms with Crippen LogP contribution in [-0.4, -0.2) is 22.2 Å². The molecule has 21 heavy (non-hydrogen) atoms. The summed E-state index contributed by atoms with van der Waals surface area (Å²) in [5, 5.41) is 0. The van der Waals surface area contributed by atoms with Gasteiger partial charge in [-0.3, -0.25) is 0 Å². The summed E-state index contributed by atoms with van der Waals surface area (Å²) in [7, 11) is 0. The molecule has 4 nitrogen and oxygen atoms in total. The van der Waals surface area contributed by atoms with Gasteiger partial charge in [-0.1, -0.05) is 0 Å². The van der Waals surface area contributed by atoms with Gasteiger partial charge in [-0.05, 0) is 38.0 Å². The molecule has 0 aliphatic heterocycles. The topological polar surface area (TPSA) is 53.1 Å². The second-order valence-corrected chi connectivity index (χ2v) is 5.09. The average Bonchev–Trinajstić information content (AvgIpc) is 2.77. The Kier molecular flexibility index (Phi) is 4.90. The van der Waals surface area contributed by atoms with Crippen molar-refractivity contribution in [1.82, 2.24) is 9.55 Å². The molecule has 1 aromatic carbocycles. The van der Waals surface area contributed by atoms with Crippen molar-refractivity contribution in [2.45, 2.75) is 32.9 Å². The highest BCUT2D eigenvalue weighted by molar-refractivity contribution is 5.31. The molecule has 0 bridgehead atoms. The lowest BCUT2D eigenvalue weighted by atomic mass is 10.1. The van der Waals surface area contributed by atoms with Gasteiger partial charge in [-0.2, -0.15) is 0 Å². The van der Waals surface area contributed by atoms with Gasteiger partial charge in [0.25, 0.3) is 0 Å². The van der Waals surface area contributed by atoms with E-state index in [0.717, 1.165) is 5.82 Å². The van der Waals surface area contributed by atoms with Crippen molar-refractivity contribution in [2.24, 2.45) is 5.73 Å². The van der Waals surface area contributed by atoms with Crippen molar-refractivity contribution in [3.63, 3.8) is 0 Å². The summed E-state index contributed by atoms with van der Waals surface area (Å²) in [6.45, 7) is 4.28. The highest BCUT2D eigenvalue weighted by Gasteiger charge is 2.13. The van der Waals surface area contributed by atoms with Gasteiger partial charge in [0.05, 0.1) is 6.54 Å². The fourth-order valence-corrected chi connectivity index (χ4v) is 2.13. The highest BCUT2D eigenvalue weighted by atomic mass is 19.1. The molecular formula is C15H19F2N3O. The van der Waals surface area contributed by atoms with E-state index < -0.39 is 11.6 Å². The normalized spacial score (nSPS) is 12.4. The number of hydrogen-bond acceptors (Lipinski definition) is 3. The van der Waals surface area contributed by atoms with Gasteiger partial charge in [-0.15, -0.1) is 0 Å². The minimum Gasteiger partial charge on any atom is -0.486 e. The van der Waals surface area contributed by atoms with E-state index in [1.54, 1.807) is 19.3 Å². The molecule has 2 rings (SSSR count). The first kappa shape index (κ1) is 15.4. The lowest BCUT2D eigenvalue weighted by Crippen LogP contribution is -2.18. The van der Waals surface area contributed by atoms with Crippen LogP contribution in [0.2, 0.25) is 0 Å². The lowest BCUT2D eigenvalue weighted by molar-refractivity contribution is 0.268. The van der Waals surface area contributed by atoms with E-state index in [4.69, 9.17) is 10.5 Å². The monoisotopic (exact) mass is 295 g/mol. The predicted molar refractivity (Wildman–Crippen MR) is 76.2 cm³/mol. The maximum absolute atomic E-state index is 13.9. The van der Waals surface area contributed by atoms with E-state index in [2.05, 4.69) is 4.98 Å². The van der Waals surface area contributed by atoms with Gasteiger partial charge < -0.3 is 15.0 Å². The number of rotatable bonds is 6. The van der Waals surface area contributed by atoms with E-state index >= 15 is 0 Å². The fourth-order valence-electron chi connectivity index (χ4n) is 2.13. The first-order valence-corrected chi connectivity index (χ1v) is 6.81. The number of nitrogens with zero attached hydrogens (tertiary/aromatic N) is 2. The van der Waals surface area contributed by atoms with Gasteiger partial charge in [0.2, 0.25) is 0 Å². The van der Waals surface area contributed by atoms with Crippen LogP contribution in [0.15, 0.2) is 24.5 Å². The van der Waals surface area contributed by atoms with Crippen molar-refractivity contribution in [1.29, 1.82) is 0 Å². The Hall–Kier alpha value is -1.95. The van der Waals surface area contributed by atoms with Crippen molar-refractivity contribution < 1.29 is 13.5 Å². The summed E-state index contributed by atoms with van der Waals surface area (Å²) < 4.78 is 34.8. The van der Waals surface area contributed by atoms with Crippen molar-refractivity contribution >= 4 is 0 Å². The van der Waals surface area contributed by atoms with Gasteiger partial charge in [0.15, 0.2) is 17.4 Å². The molecule has 2 aromatic rings. The Morgan fingerprint density at radius 2 is 2.00 bits per heavy atom. The largest absolute Gasteiger partial charge is 0.486 e. The zero-order valence-corrected chi connectivity index (χ0v) is 12.1. The van der Waals surface area contributed by atoms with Crippen LogP contribution >= 0.6 is 0 Å². The molecule has 0 fully saturated rings. The van der Waals surface area contributed by atoms with Crippen LogP contribution in [0.1, 0.15) is 18.3 Å². The Morgan fingerprint density at radius 3 is 2.52 bits per heavy atom. The highest BCUT2D eigenvalue weighted by Crippen LogP contribution is 2.24. The predicted octanol–water partition coefficient (Wildman–Crippen LogP) is 2.44. The van der Waals surface area contributed by atoms with Gasteiger partial charge in [-0.25, -0.2) is 13.8 Å². The van der Waals surface area contributed by atoms with Crippen LogP contribution in [-0.2, 0) is 13.0 Å². The summed E-state index contributed by atoms with van der Waals surface area (Å²) in [5.41, 5.74) is 6.15. The van der Waals surface area contributed by atoms with Crippen molar-refractivity contribution in [2.75, 3.05) is 6.61 Å². The molecule has 0 radical (unpaired) electrons. The summed E-state index contributed by atoms with van der Waals surface area (Å²) in [6.07, 6.45) is 3.87. The smallest absolute Gasteiger partial charge is 0.190 e. The summed E-state index contributed by atoms with van der Waals surface area (Å²) in [5.74, 6) is -0.922. The number of ether oxygens (including phenoxy) is 1. The molecule has 0 aliphatic carbocycles. The number of hydrogen-bond donors (Lipinski definition) is 1. The average molecular weight is 295 g/mol. The Bertz CT molecular complexity index is 588. The molecule has 114 valence electrons. The third-order valence-corrected chi connectivity index (χ3v) is 3.12. The minimum absolute atomic E-state index is 0.153. The SMILES string of the molecule is Cc1nccn1CCOc1c(F)cc(CC(C)N)cc1F. The van der Waals surface area contributed by atoms with Gasteiger partial charge in [0.1, 0.15) is 12.4 Å². The van der Waals surface area contributed by atoms with Crippen LogP contribution in [0.5, 0.6) is 5.75 Å². The molecule has 2 N–H and O–H groups in total. The molecule has 1 aromatic heterocycles. The number of nitrogens with two attached hydrogens (primary N) is 1. The molecule has 0 saturated heterocycles. The summed E-state index contributed by atoms with van der Waals surface area (Å²) >= 11 is 0. The molecular weight excluding hydrogens is 276 g/mol. The van der Waals surface area contributed by atoms with Gasteiger partial charge >= 0.3 is 0 Å². The van der Waals surface area contributed by atoms with Crippen LogP contribution in [0, 0.1) is 18.6 Å². The molecule has 0 aliphatic rings. The molecule has 6 heteroatoms. The number of aryl methyl sites for hydroxylation is 1. The van der Waals surface area contributed by atoms with E-state index in [1.165, 1.54) is 12.1 Å². The second kappa shape index (κ2) is 6.67. The summed E-state index contributed by atoms with van der Waals surface area (Å²) in [6, 6.07) is 2.38.